The van der Waals surface area contributed by atoms with Crippen LogP contribution in [-0.4, -0.2) is 29.1 Å². The molecule has 0 bridgehead atoms. The topological polar surface area (TPSA) is 71.5 Å². The zero-order valence-corrected chi connectivity index (χ0v) is 20.8. The minimum Gasteiger partial charge on any atom is -0.508 e. The summed E-state index contributed by atoms with van der Waals surface area (Å²) in [5, 5.41) is 14.1. The first-order valence-electron chi connectivity index (χ1n) is 11.7. The van der Waals surface area contributed by atoms with Crippen molar-refractivity contribution in [2.45, 2.75) is 26.3 Å². The van der Waals surface area contributed by atoms with E-state index in [4.69, 9.17) is 4.74 Å². The number of fused-ring (bicyclic) bond motifs is 1. The number of aryl methyl sites for hydroxylation is 2. The molecule has 0 aliphatic heterocycles. The number of pyridine rings is 1. The SMILES string of the molecule is C=C(O)c1cc(C(=O)NC(Cc2ccc(C)cc2)C(=C)OC)nc2ccc(-c3cccc(C)c3)cc12. The molecule has 0 spiro atoms. The first-order chi connectivity index (χ1) is 17.2. The van der Waals surface area contributed by atoms with E-state index in [9.17, 15) is 9.90 Å². The number of hydrogen-bond acceptors (Lipinski definition) is 4. The van der Waals surface area contributed by atoms with Crippen molar-refractivity contribution in [3.8, 4) is 11.1 Å². The lowest BCUT2D eigenvalue weighted by molar-refractivity contribution is 0.0924. The summed E-state index contributed by atoms with van der Waals surface area (Å²) in [6, 6.07) is 23.2. The molecule has 0 radical (unpaired) electrons. The number of carbonyl (C=O) groups is 1. The Morgan fingerprint density at radius 1 is 0.972 bits per heavy atom. The number of carbonyl (C=O) groups excluding carboxylic acids is 1. The van der Waals surface area contributed by atoms with Gasteiger partial charge in [0.25, 0.3) is 5.91 Å². The van der Waals surface area contributed by atoms with Gasteiger partial charge in [-0.15, -0.1) is 0 Å². The third-order valence-corrected chi connectivity index (χ3v) is 6.22. The molecule has 1 aromatic heterocycles. The molecule has 0 saturated heterocycles. The van der Waals surface area contributed by atoms with Crippen molar-refractivity contribution < 1.29 is 14.6 Å². The lowest BCUT2D eigenvalue weighted by Gasteiger charge is -2.20. The number of rotatable bonds is 8. The highest BCUT2D eigenvalue weighted by atomic mass is 16.5. The van der Waals surface area contributed by atoms with E-state index in [1.807, 2.05) is 74.5 Å². The molecule has 4 rings (SSSR count). The van der Waals surface area contributed by atoms with E-state index in [2.05, 4.69) is 29.5 Å². The Morgan fingerprint density at radius 3 is 2.36 bits per heavy atom. The largest absolute Gasteiger partial charge is 0.508 e. The van der Waals surface area contributed by atoms with Crippen molar-refractivity contribution in [2.24, 2.45) is 0 Å². The van der Waals surface area contributed by atoms with Crippen LogP contribution in [0.4, 0.5) is 0 Å². The Labute approximate surface area is 211 Å². The van der Waals surface area contributed by atoms with Gasteiger partial charge in [0, 0.05) is 10.9 Å². The number of nitrogens with one attached hydrogen (secondary N) is 1. The van der Waals surface area contributed by atoms with Crippen LogP contribution in [0.1, 0.15) is 32.7 Å². The van der Waals surface area contributed by atoms with Crippen LogP contribution < -0.4 is 5.32 Å². The molecule has 4 aromatic rings. The van der Waals surface area contributed by atoms with Gasteiger partial charge in [0.1, 0.15) is 17.2 Å². The van der Waals surface area contributed by atoms with Crippen molar-refractivity contribution >= 4 is 22.6 Å². The third kappa shape index (κ3) is 5.47. The number of benzene rings is 3. The fourth-order valence-electron chi connectivity index (χ4n) is 4.16. The van der Waals surface area contributed by atoms with E-state index in [-0.39, 0.29) is 11.5 Å². The Morgan fingerprint density at radius 2 is 1.69 bits per heavy atom. The average molecular weight is 479 g/mol. The normalized spacial score (nSPS) is 11.6. The van der Waals surface area contributed by atoms with Crippen molar-refractivity contribution in [3.05, 3.63) is 120 Å². The van der Waals surface area contributed by atoms with E-state index < -0.39 is 11.9 Å². The third-order valence-electron chi connectivity index (χ3n) is 6.22. The highest BCUT2D eigenvalue weighted by Gasteiger charge is 2.21. The van der Waals surface area contributed by atoms with Gasteiger partial charge in [-0.1, -0.05) is 78.9 Å². The molecule has 1 atom stereocenters. The van der Waals surface area contributed by atoms with Gasteiger partial charge < -0.3 is 15.2 Å². The number of amides is 1. The molecule has 1 heterocycles. The molecule has 0 fully saturated rings. The maximum atomic E-state index is 13.3. The van der Waals surface area contributed by atoms with Crippen LogP contribution in [0.5, 0.6) is 0 Å². The van der Waals surface area contributed by atoms with Crippen molar-refractivity contribution in [2.75, 3.05) is 7.11 Å². The summed E-state index contributed by atoms with van der Waals surface area (Å²) < 4.78 is 5.36. The van der Waals surface area contributed by atoms with Crippen LogP contribution in [0.25, 0.3) is 27.8 Å². The smallest absolute Gasteiger partial charge is 0.270 e. The first-order valence-corrected chi connectivity index (χ1v) is 11.7. The predicted octanol–water partition coefficient (Wildman–Crippen LogP) is 6.55. The highest BCUT2D eigenvalue weighted by Crippen LogP contribution is 2.29. The zero-order valence-electron chi connectivity index (χ0n) is 20.8. The fourth-order valence-corrected chi connectivity index (χ4v) is 4.16. The number of nitrogens with zero attached hydrogens (tertiary/aromatic N) is 1. The summed E-state index contributed by atoms with van der Waals surface area (Å²) in [6.07, 6.45) is 0.520. The average Bonchev–Trinajstić information content (AvgIpc) is 2.87. The van der Waals surface area contributed by atoms with Crippen LogP contribution in [0.2, 0.25) is 0 Å². The Hall–Kier alpha value is -4.38. The van der Waals surface area contributed by atoms with E-state index in [0.29, 0.717) is 23.3 Å². The number of aliphatic hydroxyl groups is 1. The van der Waals surface area contributed by atoms with Crippen LogP contribution in [0, 0.1) is 13.8 Å². The quantitative estimate of drug-likeness (QED) is 0.282. The van der Waals surface area contributed by atoms with Crippen molar-refractivity contribution in [1.29, 1.82) is 0 Å². The maximum Gasteiger partial charge on any atom is 0.270 e. The zero-order chi connectivity index (χ0) is 25.8. The van der Waals surface area contributed by atoms with E-state index >= 15 is 0 Å². The Bertz CT molecular complexity index is 1450. The minimum atomic E-state index is -0.452. The van der Waals surface area contributed by atoms with Crippen molar-refractivity contribution in [1.82, 2.24) is 10.3 Å². The second kappa shape index (κ2) is 10.5. The number of aromatic nitrogens is 1. The van der Waals surface area contributed by atoms with Crippen LogP contribution in [-0.2, 0) is 11.2 Å². The number of aliphatic hydroxyl groups excluding tert-OH is 1. The number of ether oxygens (including phenoxy) is 1. The van der Waals surface area contributed by atoms with Gasteiger partial charge in [0.2, 0.25) is 0 Å². The summed E-state index contributed by atoms with van der Waals surface area (Å²) in [7, 11) is 1.53. The maximum absolute atomic E-state index is 13.3. The lowest BCUT2D eigenvalue weighted by Crippen LogP contribution is -2.38. The van der Waals surface area contributed by atoms with Gasteiger partial charge in [-0.2, -0.15) is 0 Å². The van der Waals surface area contributed by atoms with Gasteiger partial charge in [0.05, 0.1) is 18.7 Å². The molecule has 5 nitrogen and oxygen atoms in total. The molecule has 0 aliphatic carbocycles. The Balaban J connectivity index is 1.67. The minimum absolute atomic E-state index is 0.129. The van der Waals surface area contributed by atoms with Crippen LogP contribution in [0.15, 0.2) is 91.7 Å². The van der Waals surface area contributed by atoms with E-state index in [1.54, 1.807) is 6.07 Å². The van der Waals surface area contributed by atoms with Crippen molar-refractivity contribution in [3.63, 3.8) is 0 Å². The molecule has 1 amide bonds. The summed E-state index contributed by atoms with van der Waals surface area (Å²) in [4.78, 5) is 17.9. The van der Waals surface area contributed by atoms with Gasteiger partial charge in [-0.25, -0.2) is 4.98 Å². The standard InChI is InChI=1S/C31H30N2O3/c1-19-9-11-23(12-10-19)16-29(22(4)36-5)33-31(35)30-18-26(21(3)34)27-17-25(13-14-28(27)32-30)24-8-6-7-20(2)15-24/h6-15,17-18,29,34H,3-4,16H2,1-2,5H3,(H,33,35). The van der Waals surface area contributed by atoms with Gasteiger partial charge in [0.15, 0.2) is 0 Å². The van der Waals surface area contributed by atoms with Crippen LogP contribution in [0.3, 0.4) is 0 Å². The molecule has 182 valence electrons. The van der Waals surface area contributed by atoms with Gasteiger partial charge in [-0.05, 0) is 55.2 Å². The number of hydrogen-bond donors (Lipinski definition) is 2. The summed E-state index contributed by atoms with van der Waals surface area (Å²) >= 11 is 0. The molecular weight excluding hydrogens is 448 g/mol. The first kappa shape index (κ1) is 24.7. The van der Waals surface area contributed by atoms with Gasteiger partial charge >= 0.3 is 0 Å². The van der Waals surface area contributed by atoms with Crippen LogP contribution >= 0.6 is 0 Å². The molecular formula is C31H30N2O3. The lowest BCUT2D eigenvalue weighted by atomic mass is 9.98. The summed E-state index contributed by atoms with van der Waals surface area (Å²) in [5.74, 6) is -0.0767. The van der Waals surface area contributed by atoms with E-state index in [1.165, 1.54) is 7.11 Å². The van der Waals surface area contributed by atoms with E-state index in [0.717, 1.165) is 33.2 Å². The van der Waals surface area contributed by atoms with Gasteiger partial charge in [-0.3, -0.25) is 4.79 Å². The Kier molecular flexibility index (Phi) is 7.20. The molecule has 5 heteroatoms. The molecule has 2 N–H and O–H groups in total. The highest BCUT2D eigenvalue weighted by molar-refractivity contribution is 5.99. The fraction of sp³-hybridized carbons (Fsp3) is 0.161. The predicted molar refractivity (Wildman–Crippen MR) is 146 cm³/mol. The molecule has 0 aliphatic rings. The molecule has 3 aromatic carbocycles. The molecule has 36 heavy (non-hydrogen) atoms. The monoisotopic (exact) mass is 478 g/mol. The molecule has 0 saturated carbocycles. The second-order valence-corrected chi connectivity index (χ2v) is 8.99. The molecule has 1 unspecified atom stereocenters. The second-order valence-electron chi connectivity index (χ2n) is 8.99. The summed E-state index contributed by atoms with van der Waals surface area (Å²) in [6.45, 7) is 11.8. The summed E-state index contributed by atoms with van der Waals surface area (Å²) in [5.41, 5.74) is 6.63. The number of methoxy groups -OCH3 is 1.